The fraction of sp³-hybridized carbons (Fsp3) is 0.562. The van der Waals surface area contributed by atoms with Gasteiger partial charge in [-0.2, -0.15) is 0 Å². The number of aromatic nitrogens is 4. The Morgan fingerprint density at radius 2 is 2.32 bits per heavy atom. The monoisotopic (exact) mass is 301 g/mol. The highest BCUT2D eigenvalue weighted by Gasteiger charge is 2.19. The fourth-order valence-electron chi connectivity index (χ4n) is 2.69. The lowest BCUT2D eigenvalue weighted by Gasteiger charge is -2.12. The molecule has 0 radical (unpaired) electrons. The zero-order valence-electron chi connectivity index (χ0n) is 13.2. The van der Waals surface area contributed by atoms with E-state index in [1.807, 2.05) is 18.6 Å². The Balaban J connectivity index is 1.64. The first-order chi connectivity index (χ1) is 10.7. The molecule has 6 heteroatoms. The smallest absolute Gasteiger partial charge is 0.129 e. The Kier molecular flexibility index (Phi) is 4.68. The molecule has 2 aromatic rings. The van der Waals surface area contributed by atoms with Crippen LogP contribution in [0.25, 0.3) is 0 Å². The SMILES string of the molecule is CC(C)Cn1cncc1CNc1cc(C2CCOC2)ncn1. The van der Waals surface area contributed by atoms with Crippen molar-refractivity contribution in [2.75, 3.05) is 18.5 Å². The van der Waals surface area contributed by atoms with E-state index in [0.29, 0.717) is 18.4 Å². The molecule has 3 heterocycles. The summed E-state index contributed by atoms with van der Waals surface area (Å²) in [5.41, 5.74) is 2.23. The van der Waals surface area contributed by atoms with E-state index < -0.39 is 0 Å². The van der Waals surface area contributed by atoms with Crippen LogP contribution < -0.4 is 5.32 Å². The molecule has 2 aromatic heterocycles. The average molecular weight is 301 g/mol. The Morgan fingerprint density at radius 1 is 1.41 bits per heavy atom. The summed E-state index contributed by atoms with van der Waals surface area (Å²) < 4.78 is 7.62. The second-order valence-corrected chi connectivity index (χ2v) is 6.17. The second kappa shape index (κ2) is 6.87. The number of nitrogens with zero attached hydrogens (tertiary/aromatic N) is 4. The third kappa shape index (κ3) is 3.62. The number of anilines is 1. The summed E-state index contributed by atoms with van der Waals surface area (Å²) in [7, 11) is 0. The van der Waals surface area contributed by atoms with Gasteiger partial charge in [0.2, 0.25) is 0 Å². The molecule has 1 atom stereocenters. The van der Waals surface area contributed by atoms with Crippen LogP contribution in [-0.4, -0.2) is 32.7 Å². The molecular weight excluding hydrogens is 278 g/mol. The van der Waals surface area contributed by atoms with Crippen molar-refractivity contribution in [1.82, 2.24) is 19.5 Å². The predicted molar refractivity (Wildman–Crippen MR) is 84.6 cm³/mol. The minimum Gasteiger partial charge on any atom is -0.381 e. The summed E-state index contributed by atoms with van der Waals surface area (Å²) in [5, 5.41) is 3.37. The van der Waals surface area contributed by atoms with E-state index in [4.69, 9.17) is 4.74 Å². The van der Waals surface area contributed by atoms with E-state index in [2.05, 4.69) is 38.7 Å². The standard InChI is InChI=1S/C16H23N5O/c1-12(2)8-21-11-17-6-14(21)7-18-16-5-15(19-10-20-16)13-3-4-22-9-13/h5-6,10-13H,3-4,7-9H2,1-2H3,(H,18,19,20). The highest BCUT2D eigenvalue weighted by molar-refractivity contribution is 5.36. The molecule has 3 rings (SSSR count). The summed E-state index contributed by atoms with van der Waals surface area (Å²) in [6.45, 7) is 7.69. The Bertz CT molecular complexity index is 604. The Hall–Kier alpha value is -1.95. The van der Waals surface area contributed by atoms with Crippen LogP contribution in [0, 0.1) is 5.92 Å². The molecule has 1 aliphatic rings. The van der Waals surface area contributed by atoms with Crippen LogP contribution in [0.1, 0.15) is 37.6 Å². The van der Waals surface area contributed by atoms with Crippen molar-refractivity contribution in [2.45, 2.75) is 39.3 Å². The molecule has 22 heavy (non-hydrogen) atoms. The minimum atomic E-state index is 0.398. The van der Waals surface area contributed by atoms with Crippen LogP contribution >= 0.6 is 0 Å². The van der Waals surface area contributed by atoms with Crippen molar-refractivity contribution >= 4 is 5.82 Å². The van der Waals surface area contributed by atoms with Gasteiger partial charge >= 0.3 is 0 Å². The van der Waals surface area contributed by atoms with Crippen molar-refractivity contribution in [2.24, 2.45) is 5.92 Å². The van der Waals surface area contributed by atoms with Crippen LogP contribution in [-0.2, 0) is 17.8 Å². The van der Waals surface area contributed by atoms with E-state index >= 15 is 0 Å². The normalized spacial score (nSPS) is 18.0. The van der Waals surface area contributed by atoms with Gasteiger partial charge in [0.1, 0.15) is 12.1 Å². The van der Waals surface area contributed by atoms with Crippen LogP contribution in [0.2, 0.25) is 0 Å². The van der Waals surface area contributed by atoms with E-state index in [1.165, 1.54) is 0 Å². The van der Waals surface area contributed by atoms with Gasteiger partial charge in [0.15, 0.2) is 0 Å². The highest BCUT2D eigenvalue weighted by Crippen LogP contribution is 2.24. The van der Waals surface area contributed by atoms with Crippen LogP contribution in [0.15, 0.2) is 24.9 Å². The molecule has 1 fully saturated rings. The maximum absolute atomic E-state index is 5.43. The molecule has 1 unspecified atom stereocenters. The topological polar surface area (TPSA) is 64.9 Å². The van der Waals surface area contributed by atoms with E-state index in [0.717, 1.165) is 43.4 Å². The zero-order valence-corrected chi connectivity index (χ0v) is 13.2. The third-order valence-electron chi connectivity index (χ3n) is 3.85. The summed E-state index contributed by atoms with van der Waals surface area (Å²) in [6, 6.07) is 2.03. The molecule has 6 nitrogen and oxygen atoms in total. The summed E-state index contributed by atoms with van der Waals surface area (Å²) in [5.74, 6) is 1.85. The van der Waals surface area contributed by atoms with Crippen LogP contribution in [0.5, 0.6) is 0 Å². The quantitative estimate of drug-likeness (QED) is 0.888. The van der Waals surface area contributed by atoms with Gasteiger partial charge in [-0.3, -0.25) is 0 Å². The van der Waals surface area contributed by atoms with Gasteiger partial charge in [-0.15, -0.1) is 0 Å². The van der Waals surface area contributed by atoms with E-state index in [1.54, 1.807) is 6.33 Å². The van der Waals surface area contributed by atoms with Gasteiger partial charge in [-0.1, -0.05) is 13.8 Å². The number of rotatable bonds is 6. The molecule has 0 bridgehead atoms. The number of nitrogens with one attached hydrogen (secondary N) is 1. The van der Waals surface area contributed by atoms with E-state index in [-0.39, 0.29) is 0 Å². The van der Waals surface area contributed by atoms with Gasteiger partial charge in [0.05, 0.1) is 30.9 Å². The van der Waals surface area contributed by atoms with Crippen molar-refractivity contribution in [3.63, 3.8) is 0 Å². The minimum absolute atomic E-state index is 0.398. The fourth-order valence-corrected chi connectivity index (χ4v) is 2.69. The average Bonchev–Trinajstić information content (AvgIpc) is 3.16. The number of imidazole rings is 1. The van der Waals surface area contributed by atoms with Crippen LogP contribution in [0.4, 0.5) is 5.82 Å². The molecule has 0 amide bonds. The first kappa shape index (κ1) is 15.0. The van der Waals surface area contributed by atoms with Crippen molar-refractivity contribution in [3.05, 3.63) is 36.3 Å². The Labute approximate surface area is 131 Å². The summed E-state index contributed by atoms with van der Waals surface area (Å²) in [4.78, 5) is 12.9. The van der Waals surface area contributed by atoms with Gasteiger partial charge in [-0.05, 0) is 12.3 Å². The van der Waals surface area contributed by atoms with Crippen molar-refractivity contribution in [3.8, 4) is 0 Å². The Morgan fingerprint density at radius 3 is 3.09 bits per heavy atom. The molecular formula is C16H23N5O. The molecule has 0 saturated carbocycles. The van der Waals surface area contributed by atoms with Crippen molar-refractivity contribution < 1.29 is 4.74 Å². The molecule has 0 spiro atoms. The predicted octanol–water partition coefficient (Wildman–Crippen LogP) is 2.45. The lowest BCUT2D eigenvalue weighted by atomic mass is 10.1. The zero-order chi connectivity index (χ0) is 15.4. The summed E-state index contributed by atoms with van der Waals surface area (Å²) >= 11 is 0. The molecule has 0 aromatic carbocycles. The first-order valence-electron chi connectivity index (χ1n) is 7.85. The maximum Gasteiger partial charge on any atom is 0.129 e. The molecule has 1 aliphatic heterocycles. The number of hydrogen-bond donors (Lipinski definition) is 1. The first-order valence-corrected chi connectivity index (χ1v) is 7.85. The summed E-state index contributed by atoms with van der Waals surface area (Å²) in [6.07, 6.45) is 6.46. The lowest BCUT2D eigenvalue weighted by molar-refractivity contribution is 0.193. The molecule has 1 N–H and O–H groups in total. The van der Waals surface area contributed by atoms with Crippen molar-refractivity contribution in [1.29, 1.82) is 0 Å². The number of ether oxygens (including phenoxy) is 1. The van der Waals surface area contributed by atoms with Gasteiger partial charge in [0, 0.05) is 31.3 Å². The second-order valence-electron chi connectivity index (χ2n) is 6.17. The van der Waals surface area contributed by atoms with Gasteiger partial charge < -0.3 is 14.6 Å². The molecule has 118 valence electrons. The highest BCUT2D eigenvalue weighted by atomic mass is 16.5. The maximum atomic E-state index is 5.43. The molecule has 0 aliphatic carbocycles. The largest absolute Gasteiger partial charge is 0.381 e. The van der Waals surface area contributed by atoms with Crippen LogP contribution in [0.3, 0.4) is 0 Å². The third-order valence-corrected chi connectivity index (χ3v) is 3.85. The lowest BCUT2D eigenvalue weighted by Crippen LogP contribution is -2.11. The molecule has 1 saturated heterocycles. The van der Waals surface area contributed by atoms with Gasteiger partial charge in [0.25, 0.3) is 0 Å². The van der Waals surface area contributed by atoms with Gasteiger partial charge in [-0.25, -0.2) is 15.0 Å². The number of hydrogen-bond acceptors (Lipinski definition) is 5. The van der Waals surface area contributed by atoms with E-state index in [9.17, 15) is 0 Å².